The number of ether oxygens (including phenoxy) is 4. The number of hydrogen-bond acceptors (Lipinski definition) is 8. The van der Waals surface area contributed by atoms with Gasteiger partial charge in [0.1, 0.15) is 13.2 Å². The molecule has 404 valence electrons. The largest absolute Gasteiger partial charge is 0.545 e. The fourth-order valence-electron chi connectivity index (χ4n) is 9.01. The minimum Gasteiger partial charge on any atom is -0.545 e. The maximum absolute atomic E-state index is 12.8. The van der Waals surface area contributed by atoms with E-state index in [1.54, 1.807) is 0 Å². The molecule has 0 rings (SSSR count). The van der Waals surface area contributed by atoms with Crippen LogP contribution in [-0.2, 0) is 33.3 Å². The highest BCUT2D eigenvalue weighted by Gasteiger charge is 2.22. The molecule has 68 heavy (non-hydrogen) atoms. The zero-order chi connectivity index (χ0) is 49.9. The summed E-state index contributed by atoms with van der Waals surface area (Å²) in [7, 11) is 5.92. The number of esters is 2. The lowest BCUT2D eigenvalue weighted by molar-refractivity contribution is -0.870. The van der Waals surface area contributed by atoms with Crippen molar-refractivity contribution in [3.63, 3.8) is 0 Å². The number of unbranched alkanes of at least 4 members (excludes halogenated alkanes) is 41. The number of hydrogen-bond donors (Lipinski definition) is 0. The Kier molecular flexibility index (Phi) is 50.3. The van der Waals surface area contributed by atoms with Crippen molar-refractivity contribution in [3.8, 4) is 0 Å². The maximum Gasteiger partial charge on any atom is 0.306 e. The molecule has 9 heteroatoms. The Morgan fingerprint density at radius 2 is 0.662 bits per heavy atom. The van der Waals surface area contributed by atoms with Crippen LogP contribution in [0.15, 0.2) is 0 Å². The van der Waals surface area contributed by atoms with Crippen LogP contribution in [0.4, 0.5) is 0 Å². The van der Waals surface area contributed by atoms with E-state index in [0.717, 1.165) is 38.5 Å². The van der Waals surface area contributed by atoms with Gasteiger partial charge in [-0.25, -0.2) is 0 Å². The topological polar surface area (TPSA) is 111 Å². The SMILES string of the molecule is CCCCCCCCCCCCCCCCCCCCCCCCCCCCCCCCCCCCCC(=O)OC(COC(=O)CCCCCCCCCC)COC(OCC[N+](C)(C)C)C(=O)[O-]. The summed E-state index contributed by atoms with van der Waals surface area (Å²) in [5.74, 6) is -2.26. The van der Waals surface area contributed by atoms with Crippen LogP contribution in [0.5, 0.6) is 0 Å². The van der Waals surface area contributed by atoms with Crippen molar-refractivity contribution in [1.29, 1.82) is 0 Å². The third-order valence-corrected chi connectivity index (χ3v) is 13.6. The summed E-state index contributed by atoms with van der Waals surface area (Å²) >= 11 is 0. The van der Waals surface area contributed by atoms with Gasteiger partial charge in [-0.3, -0.25) is 9.59 Å². The van der Waals surface area contributed by atoms with Gasteiger partial charge in [-0.2, -0.15) is 0 Å². The van der Waals surface area contributed by atoms with Crippen LogP contribution in [0, 0.1) is 0 Å². The van der Waals surface area contributed by atoms with Crippen LogP contribution in [0.2, 0.25) is 0 Å². The number of carboxylic acid groups (broad SMARTS) is 1. The van der Waals surface area contributed by atoms with Crippen LogP contribution < -0.4 is 5.11 Å². The highest BCUT2D eigenvalue weighted by atomic mass is 16.7. The van der Waals surface area contributed by atoms with E-state index >= 15 is 0 Å². The van der Waals surface area contributed by atoms with Crippen molar-refractivity contribution < 1.29 is 42.9 Å². The predicted octanol–water partition coefficient (Wildman–Crippen LogP) is 15.9. The summed E-state index contributed by atoms with van der Waals surface area (Å²) < 4.78 is 22.6. The van der Waals surface area contributed by atoms with Crippen molar-refractivity contribution in [1.82, 2.24) is 0 Å². The van der Waals surface area contributed by atoms with E-state index in [4.69, 9.17) is 18.9 Å². The van der Waals surface area contributed by atoms with Gasteiger partial charge in [0.25, 0.3) is 0 Å². The standard InChI is InChI=1S/C59H115NO8/c1-6-8-10-12-14-16-17-18-19-20-21-22-23-24-25-26-27-28-29-30-31-32-33-34-35-36-37-38-39-40-41-42-44-46-48-50-57(62)68-55(54-67-59(58(63)64)65-52-51-60(3,4)5)53-66-56(61)49-47-45-43-15-13-11-9-7-2/h55,59H,6-54H2,1-5H3. The average molecular weight is 967 g/mol. The molecule has 0 aromatic heterocycles. The summed E-state index contributed by atoms with van der Waals surface area (Å²) in [4.78, 5) is 37.0. The number of carbonyl (C=O) groups excluding carboxylic acids is 3. The second kappa shape index (κ2) is 51.6. The number of carboxylic acids is 1. The zero-order valence-corrected chi connectivity index (χ0v) is 46.0. The number of aliphatic carboxylic acids is 1. The normalized spacial score (nSPS) is 12.7. The smallest absolute Gasteiger partial charge is 0.306 e. The quantitative estimate of drug-likeness (QED) is 0.0256. The molecule has 0 N–H and O–H groups in total. The first-order valence-electron chi connectivity index (χ1n) is 29.7. The lowest BCUT2D eigenvalue weighted by atomic mass is 10.0. The molecule has 0 bridgehead atoms. The van der Waals surface area contributed by atoms with Gasteiger partial charge < -0.3 is 33.3 Å². The van der Waals surface area contributed by atoms with E-state index in [9.17, 15) is 19.5 Å². The molecule has 0 amide bonds. The molecule has 0 aliphatic carbocycles. The maximum atomic E-state index is 12.8. The Labute approximate surface area is 422 Å². The van der Waals surface area contributed by atoms with Gasteiger partial charge in [0, 0.05) is 12.8 Å². The van der Waals surface area contributed by atoms with Crippen LogP contribution in [0.1, 0.15) is 303 Å². The van der Waals surface area contributed by atoms with E-state index in [0.29, 0.717) is 17.4 Å². The Morgan fingerprint density at radius 1 is 0.382 bits per heavy atom. The van der Waals surface area contributed by atoms with Crippen molar-refractivity contribution in [2.24, 2.45) is 0 Å². The summed E-state index contributed by atoms with van der Waals surface area (Å²) in [5, 5.41) is 11.7. The van der Waals surface area contributed by atoms with Crippen molar-refractivity contribution in [2.75, 3.05) is 47.5 Å². The summed E-state index contributed by atoms with van der Waals surface area (Å²) in [6.07, 6.45) is 55.0. The van der Waals surface area contributed by atoms with Gasteiger partial charge in [-0.15, -0.1) is 0 Å². The Bertz CT molecular complexity index is 1080. The molecular formula is C59H115NO8. The van der Waals surface area contributed by atoms with E-state index < -0.39 is 24.3 Å². The van der Waals surface area contributed by atoms with E-state index in [2.05, 4.69) is 13.8 Å². The van der Waals surface area contributed by atoms with Crippen molar-refractivity contribution >= 4 is 17.9 Å². The highest BCUT2D eigenvalue weighted by molar-refractivity contribution is 5.70. The predicted molar refractivity (Wildman–Crippen MR) is 284 cm³/mol. The molecule has 0 aliphatic rings. The molecule has 0 aromatic carbocycles. The summed E-state index contributed by atoms with van der Waals surface area (Å²) in [6, 6.07) is 0. The first-order chi connectivity index (χ1) is 33.1. The summed E-state index contributed by atoms with van der Waals surface area (Å²) in [5.41, 5.74) is 0. The van der Waals surface area contributed by atoms with Gasteiger partial charge in [0.15, 0.2) is 12.4 Å². The lowest BCUT2D eigenvalue weighted by Gasteiger charge is -2.26. The first-order valence-corrected chi connectivity index (χ1v) is 29.7. The monoisotopic (exact) mass is 966 g/mol. The summed E-state index contributed by atoms with van der Waals surface area (Å²) in [6.45, 7) is 4.76. The molecule has 0 heterocycles. The van der Waals surface area contributed by atoms with Crippen LogP contribution in [0.3, 0.4) is 0 Å². The number of carbonyl (C=O) groups is 3. The van der Waals surface area contributed by atoms with Gasteiger partial charge in [0.2, 0.25) is 0 Å². The Hall–Kier alpha value is -1.71. The van der Waals surface area contributed by atoms with E-state index in [1.165, 1.54) is 238 Å². The minimum absolute atomic E-state index is 0.153. The molecule has 2 unspecified atom stereocenters. The molecule has 2 atom stereocenters. The molecule has 0 aromatic rings. The minimum atomic E-state index is -1.61. The average Bonchev–Trinajstić information content (AvgIpc) is 3.30. The number of nitrogens with zero attached hydrogens (tertiary/aromatic N) is 1. The van der Waals surface area contributed by atoms with Gasteiger partial charge >= 0.3 is 11.9 Å². The third kappa shape index (κ3) is 52.1. The van der Waals surface area contributed by atoms with Crippen LogP contribution in [0.25, 0.3) is 0 Å². The second-order valence-corrected chi connectivity index (χ2v) is 21.7. The molecule has 9 nitrogen and oxygen atoms in total. The number of rotatable bonds is 56. The molecular weight excluding hydrogens is 851 g/mol. The van der Waals surface area contributed by atoms with Crippen molar-refractivity contribution in [3.05, 3.63) is 0 Å². The number of likely N-dealkylation sites (N-methyl/N-ethyl adjacent to an activating group) is 1. The molecule has 0 fully saturated rings. The van der Waals surface area contributed by atoms with Crippen molar-refractivity contribution in [2.45, 2.75) is 315 Å². The third-order valence-electron chi connectivity index (χ3n) is 13.6. The van der Waals surface area contributed by atoms with E-state index in [-0.39, 0.29) is 32.2 Å². The fraction of sp³-hybridized carbons (Fsp3) is 0.949. The molecule has 0 radical (unpaired) electrons. The fourth-order valence-corrected chi connectivity index (χ4v) is 9.01. The molecule has 0 saturated heterocycles. The molecule has 0 spiro atoms. The lowest BCUT2D eigenvalue weighted by Crippen LogP contribution is -2.44. The van der Waals surface area contributed by atoms with Gasteiger partial charge in [0.05, 0.1) is 40.3 Å². The Balaban J connectivity index is 3.86. The molecule has 0 saturated carbocycles. The van der Waals surface area contributed by atoms with Gasteiger partial charge in [-0.1, -0.05) is 277 Å². The van der Waals surface area contributed by atoms with Crippen LogP contribution >= 0.6 is 0 Å². The molecule has 0 aliphatic heterocycles. The zero-order valence-electron chi connectivity index (χ0n) is 46.0. The van der Waals surface area contributed by atoms with Gasteiger partial charge in [-0.05, 0) is 12.8 Å². The Morgan fingerprint density at radius 3 is 0.941 bits per heavy atom. The first kappa shape index (κ1) is 66.3. The van der Waals surface area contributed by atoms with E-state index in [1.807, 2.05) is 21.1 Å². The highest BCUT2D eigenvalue weighted by Crippen LogP contribution is 2.18. The second-order valence-electron chi connectivity index (χ2n) is 21.7. The number of quaternary nitrogens is 1. The van der Waals surface area contributed by atoms with Crippen LogP contribution in [-0.4, -0.2) is 82.3 Å².